The molecule has 0 amide bonds. The van der Waals surface area contributed by atoms with Gasteiger partial charge in [0.25, 0.3) is 0 Å². The second kappa shape index (κ2) is 4.42. The van der Waals surface area contributed by atoms with Crippen molar-refractivity contribution in [2.45, 2.75) is 19.1 Å². The van der Waals surface area contributed by atoms with Gasteiger partial charge in [0.1, 0.15) is 12.7 Å². The number of hydrogen-bond donors (Lipinski definition) is 2. The van der Waals surface area contributed by atoms with Crippen LogP contribution in [0.5, 0.6) is 0 Å². The molecule has 0 fully saturated rings. The maximum Gasteiger partial charge on any atom is 0.138 e. The van der Waals surface area contributed by atoms with E-state index in [9.17, 15) is 5.11 Å². The third-order valence-electron chi connectivity index (χ3n) is 2.42. The van der Waals surface area contributed by atoms with E-state index >= 15 is 0 Å². The van der Waals surface area contributed by atoms with Gasteiger partial charge in [-0.25, -0.2) is 9.67 Å². The molecule has 0 aliphatic heterocycles. The van der Waals surface area contributed by atoms with Crippen molar-refractivity contribution in [3.63, 3.8) is 0 Å². The quantitative estimate of drug-likeness (QED) is 0.793. The Bertz CT molecular complexity index is 436. The van der Waals surface area contributed by atoms with Crippen LogP contribution in [0.25, 0.3) is 5.69 Å². The zero-order valence-electron chi connectivity index (χ0n) is 8.99. The molecule has 1 aromatic heterocycles. The predicted molar refractivity (Wildman–Crippen MR) is 60.0 cm³/mol. The summed E-state index contributed by atoms with van der Waals surface area (Å²) in [5.41, 5.74) is 7.33. The average Bonchev–Trinajstić information content (AvgIpc) is 2.81. The Hall–Kier alpha value is -1.72. The fourth-order valence-corrected chi connectivity index (χ4v) is 1.47. The van der Waals surface area contributed by atoms with Gasteiger partial charge in [-0.2, -0.15) is 5.10 Å². The summed E-state index contributed by atoms with van der Waals surface area (Å²) in [6.45, 7) is 1.77. The smallest absolute Gasteiger partial charge is 0.138 e. The second-order valence-electron chi connectivity index (χ2n) is 3.74. The van der Waals surface area contributed by atoms with Crippen LogP contribution in [0.15, 0.2) is 36.9 Å². The first-order valence-electron chi connectivity index (χ1n) is 5.07. The molecule has 2 atom stereocenters. The van der Waals surface area contributed by atoms with Gasteiger partial charge in [0.05, 0.1) is 11.8 Å². The van der Waals surface area contributed by atoms with E-state index in [1.807, 2.05) is 24.3 Å². The van der Waals surface area contributed by atoms with Gasteiger partial charge < -0.3 is 10.8 Å². The first-order chi connectivity index (χ1) is 7.68. The summed E-state index contributed by atoms with van der Waals surface area (Å²) in [6, 6.07) is 7.14. The normalized spacial score (nSPS) is 14.7. The van der Waals surface area contributed by atoms with Crippen molar-refractivity contribution in [3.8, 4) is 5.69 Å². The minimum atomic E-state index is -0.634. The van der Waals surface area contributed by atoms with Crippen LogP contribution in [-0.2, 0) is 0 Å². The number of aromatic nitrogens is 3. The highest BCUT2D eigenvalue weighted by molar-refractivity contribution is 5.34. The minimum Gasteiger partial charge on any atom is -0.387 e. The summed E-state index contributed by atoms with van der Waals surface area (Å²) in [5, 5.41) is 13.8. The van der Waals surface area contributed by atoms with E-state index in [0.717, 1.165) is 11.3 Å². The third-order valence-corrected chi connectivity index (χ3v) is 2.42. The molecule has 0 saturated carbocycles. The van der Waals surface area contributed by atoms with Gasteiger partial charge in [-0.3, -0.25) is 0 Å². The van der Waals surface area contributed by atoms with Crippen molar-refractivity contribution >= 4 is 0 Å². The Morgan fingerprint density at radius 2 is 2.00 bits per heavy atom. The van der Waals surface area contributed by atoms with Crippen LogP contribution in [0, 0.1) is 0 Å². The van der Waals surface area contributed by atoms with E-state index < -0.39 is 6.10 Å². The van der Waals surface area contributed by atoms with Crippen molar-refractivity contribution < 1.29 is 5.11 Å². The molecule has 0 spiro atoms. The zero-order valence-corrected chi connectivity index (χ0v) is 8.99. The molecule has 16 heavy (non-hydrogen) atoms. The van der Waals surface area contributed by atoms with Crippen LogP contribution < -0.4 is 5.73 Å². The zero-order chi connectivity index (χ0) is 11.5. The molecule has 3 N–H and O–H groups in total. The molecule has 5 nitrogen and oxygen atoms in total. The van der Waals surface area contributed by atoms with Gasteiger partial charge in [-0.1, -0.05) is 12.1 Å². The number of rotatable bonds is 3. The number of benzene rings is 1. The van der Waals surface area contributed by atoms with Gasteiger partial charge in [0, 0.05) is 6.04 Å². The van der Waals surface area contributed by atoms with Crippen LogP contribution in [0.3, 0.4) is 0 Å². The van der Waals surface area contributed by atoms with Gasteiger partial charge in [0.15, 0.2) is 0 Å². The van der Waals surface area contributed by atoms with E-state index in [2.05, 4.69) is 10.1 Å². The topological polar surface area (TPSA) is 77.0 Å². The molecular formula is C11H14N4O. The number of hydrogen-bond acceptors (Lipinski definition) is 4. The maximum atomic E-state index is 9.76. The molecule has 1 heterocycles. The first-order valence-corrected chi connectivity index (χ1v) is 5.07. The summed E-state index contributed by atoms with van der Waals surface area (Å²) >= 11 is 0. The molecule has 5 heteroatoms. The fraction of sp³-hybridized carbons (Fsp3) is 0.273. The molecule has 0 radical (unpaired) electrons. The van der Waals surface area contributed by atoms with E-state index in [-0.39, 0.29) is 6.04 Å². The van der Waals surface area contributed by atoms with Crippen molar-refractivity contribution in [2.75, 3.05) is 0 Å². The highest BCUT2D eigenvalue weighted by atomic mass is 16.3. The third kappa shape index (κ3) is 2.10. The van der Waals surface area contributed by atoms with Crippen LogP contribution in [0.1, 0.15) is 18.6 Å². The van der Waals surface area contributed by atoms with E-state index in [4.69, 9.17) is 5.73 Å². The Kier molecular flexibility index (Phi) is 2.98. The number of nitrogens with two attached hydrogens (primary N) is 1. The fourth-order valence-electron chi connectivity index (χ4n) is 1.47. The van der Waals surface area contributed by atoms with Crippen molar-refractivity contribution in [1.29, 1.82) is 0 Å². The van der Waals surface area contributed by atoms with Crippen molar-refractivity contribution in [3.05, 3.63) is 42.5 Å². The SMILES string of the molecule is CC(N)C(O)c1ccc(-n2cncn2)cc1. The summed E-state index contributed by atoms with van der Waals surface area (Å²) in [5.74, 6) is 0. The molecule has 0 aliphatic carbocycles. The lowest BCUT2D eigenvalue weighted by Crippen LogP contribution is -2.24. The van der Waals surface area contributed by atoms with Crippen LogP contribution >= 0.6 is 0 Å². The highest BCUT2D eigenvalue weighted by Crippen LogP contribution is 2.17. The Morgan fingerprint density at radius 1 is 1.31 bits per heavy atom. The standard InChI is InChI=1S/C11H14N4O/c1-8(12)11(16)9-2-4-10(5-3-9)15-7-13-6-14-15/h2-8,11,16H,12H2,1H3. The molecule has 2 unspecified atom stereocenters. The predicted octanol–water partition coefficient (Wildman–Crippen LogP) is 0.648. The average molecular weight is 218 g/mol. The molecule has 2 aromatic rings. The van der Waals surface area contributed by atoms with E-state index in [1.54, 1.807) is 17.9 Å². The molecule has 84 valence electrons. The number of aliphatic hydroxyl groups is 1. The lowest BCUT2D eigenvalue weighted by atomic mass is 10.0. The summed E-state index contributed by atoms with van der Waals surface area (Å²) < 4.78 is 1.65. The highest BCUT2D eigenvalue weighted by Gasteiger charge is 2.11. The molecule has 2 rings (SSSR count). The van der Waals surface area contributed by atoms with Crippen molar-refractivity contribution in [2.24, 2.45) is 5.73 Å². The maximum absolute atomic E-state index is 9.76. The largest absolute Gasteiger partial charge is 0.387 e. The molecule has 0 aliphatic rings. The summed E-state index contributed by atoms with van der Waals surface area (Å²) in [4.78, 5) is 3.87. The summed E-state index contributed by atoms with van der Waals surface area (Å²) in [7, 11) is 0. The number of aliphatic hydroxyl groups excluding tert-OH is 1. The van der Waals surface area contributed by atoms with E-state index in [0.29, 0.717) is 0 Å². The lowest BCUT2D eigenvalue weighted by molar-refractivity contribution is 0.153. The monoisotopic (exact) mass is 218 g/mol. The molecule has 1 aromatic carbocycles. The Labute approximate surface area is 93.5 Å². The minimum absolute atomic E-state index is 0.280. The van der Waals surface area contributed by atoms with Crippen molar-refractivity contribution in [1.82, 2.24) is 14.8 Å². The van der Waals surface area contributed by atoms with Crippen LogP contribution in [0.2, 0.25) is 0 Å². The van der Waals surface area contributed by atoms with Gasteiger partial charge >= 0.3 is 0 Å². The molecular weight excluding hydrogens is 204 g/mol. The molecule has 0 saturated heterocycles. The molecule has 0 bridgehead atoms. The van der Waals surface area contributed by atoms with Crippen LogP contribution in [0.4, 0.5) is 0 Å². The van der Waals surface area contributed by atoms with Gasteiger partial charge in [-0.15, -0.1) is 0 Å². The second-order valence-corrected chi connectivity index (χ2v) is 3.74. The van der Waals surface area contributed by atoms with E-state index in [1.165, 1.54) is 6.33 Å². The van der Waals surface area contributed by atoms with Gasteiger partial charge in [0.2, 0.25) is 0 Å². The van der Waals surface area contributed by atoms with Gasteiger partial charge in [-0.05, 0) is 24.6 Å². The lowest BCUT2D eigenvalue weighted by Gasteiger charge is -2.14. The Balaban J connectivity index is 2.23. The van der Waals surface area contributed by atoms with Crippen LogP contribution in [-0.4, -0.2) is 25.9 Å². The first kappa shape index (κ1) is 10.8. The Morgan fingerprint density at radius 3 is 2.50 bits per heavy atom. The summed E-state index contributed by atoms with van der Waals surface area (Å²) in [6.07, 6.45) is 2.46. The number of nitrogens with zero attached hydrogens (tertiary/aromatic N) is 3.